The predicted molar refractivity (Wildman–Crippen MR) is 94.3 cm³/mol. The number of ketones is 1. The summed E-state index contributed by atoms with van der Waals surface area (Å²) in [4.78, 5) is 21.7. The fraction of sp³-hybridized carbons (Fsp3) is 0.167. The van der Waals surface area contributed by atoms with Crippen LogP contribution >= 0.6 is 22.9 Å². The smallest absolute Gasteiger partial charge is 0.195 e. The maximum absolute atomic E-state index is 12.5. The van der Waals surface area contributed by atoms with Crippen LogP contribution in [0.5, 0.6) is 0 Å². The molecule has 23 heavy (non-hydrogen) atoms. The Morgan fingerprint density at radius 1 is 1.22 bits per heavy atom. The van der Waals surface area contributed by atoms with Crippen molar-refractivity contribution in [1.82, 2.24) is 9.97 Å². The molecular weight excluding hydrogens is 328 g/mol. The van der Waals surface area contributed by atoms with Gasteiger partial charge < -0.3 is 0 Å². The van der Waals surface area contributed by atoms with Gasteiger partial charge in [0, 0.05) is 35.6 Å². The van der Waals surface area contributed by atoms with Gasteiger partial charge in [-0.25, -0.2) is 4.98 Å². The van der Waals surface area contributed by atoms with E-state index >= 15 is 0 Å². The zero-order valence-electron chi connectivity index (χ0n) is 12.8. The Morgan fingerprint density at radius 2 is 2.04 bits per heavy atom. The van der Waals surface area contributed by atoms with Gasteiger partial charge in [-0.2, -0.15) is 0 Å². The van der Waals surface area contributed by atoms with Crippen LogP contribution in [0.3, 0.4) is 0 Å². The van der Waals surface area contributed by atoms with Gasteiger partial charge in [0.2, 0.25) is 0 Å². The first kappa shape index (κ1) is 15.8. The van der Waals surface area contributed by atoms with Crippen LogP contribution in [-0.4, -0.2) is 15.8 Å². The summed E-state index contributed by atoms with van der Waals surface area (Å²) in [5.74, 6) is 0.0133. The van der Waals surface area contributed by atoms with E-state index in [4.69, 9.17) is 11.6 Å². The number of rotatable bonds is 4. The van der Waals surface area contributed by atoms with Crippen molar-refractivity contribution in [3.8, 4) is 10.4 Å². The molecule has 0 fully saturated rings. The molecule has 0 saturated carbocycles. The van der Waals surface area contributed by atoms with E-state index in [-0.39, 0.29) is 5.78 Å². The SMILES string of the molecule is Cc1ccc(Cl)c(-c2cnc(C(=O)Cc3ccncc3C)s2)c1. The summed E-state index contributed by atoms with van der Waals surface area (Å²) < 4.78 is 0. The molecule has 0 bridgehead atoms. The van der Waals surface area contributed by atoms with Crippen LogP contribution in [0.25, 0.3) is 10.4 Å². The lowest BCUT2D eigenvalue weighted by molar-refractivity contribution is 0.0992. The van der Waals surface area contributed by atoms with Gasteiger partial charge in [0.15, 0.2) is 10.8 Å². The number of thiazole rings is 1. The number of benzene rings is 1. The molecule has 0 saturated heterocycles. The van der Waals surface area contributed by atoms with E-state index in [1.165, 1.54) is 11.3 Å². The summed E-state index contributed by atoms with van der Waals surface area (Å²) >= 11 is 7.64. The fourth-order valence-electron chi connectivity index (χ4n) is 2.30. The number of hydrogen-bond acceptors (Lipinski definition) is 4. The zero-order valence-corrected chi connectivity index (χ0v) is 14.4. The van der Waals surface area contributed by atoms with Crippen molar-refractivity contribution in [2.75, 3.05) is 0 Å². The first-order chi connectivity index (χ1) is 11.0. The second-order valence-corrected chi connectivity index (χ2v) is 6.85. The Labute approximate surface area is 144 Å². The van der Waals surface area contributed by atoms with Crippen LogP contribution in [0, 0.1) is 13.8 Å². The summed E-state index contributed by atoms with van der Waals surface area (Å²) in [6.45, 7) is 3.97. The third kappa shape index (κ3) is 3.49. The maximum Gasteiger partial charge on any atom is 0.195 e. The van der Waals surface area contributed by atoms with Gasteiger partial charge in [-0.1, -0.05) is 23.2 Å². The highest BCUT2D eigenvalue weighted by molar-refractivity contribution is 7.17. The molecule has 0 N–H and O–H groups in total. The lowest BCUT2D eigenvalue weighted by atomic mass is 10.1. The topological polar surface area (TPSA) is 42.9 Å². The van der Waals surface area contributed by atoms with Crippen molar-refractivity contribution in [3.05, 3.63) is 69.6 Å². The van der Waals surface area contributed by atoms with Crippen molar-refractivity contribution in [2.24, 2.45) is 0 Å². The first-order valence-electron chi connectivity index (χ1n) is 7.19. The van der Waals surface area contributed by atoms with Crippen molar-refractivity contribution < 1.29 is 4.79 Å². The molecule has 1 aromatic carbocycles. The second kappa shape index (κ2) is 6.60. The minimum atomic E-state index is 0.0133. The zero-order chi connectivity index (χ0) is 16.4. The lowest BCUT2D eigenvalue weighted by Crippen LogP contribution is -2.04. The van der Waals surface area contributed by atoms with Crippen molar-refractivity contribution in [2.45, 2.75) is 20.3 Å². The van der Waals surface area contributed by atoms with E-state index in [2.05, 4.69) is 9.97 Å². The second-order valence-electron chi connectivity index (χ2n) is 5.42. The molecule has 2 heterocycles. The highest BCUT2D eigenvalue weighted by Crippen LogP contribution is 2.33. The van der Waals surface area contributed by atoms with E-state index in [1.807, 2.05) is 38.1 Å². The van der Waals surface area contributed by atoms with Gasteiger partial charge in [0.05, 0.1) is 4.88 Å². The number of nitrogens with zero attached hydrogens (tertiary/aromatic N) is 2. The summed E-state index contributed by atoms with van der Waals surface area (Å²) in [5, 5.41) is 1.18. The Kier molecular flexibility index (Phi) is 4.55. The normalized spacial score (nSPS) is 10.7. The standard InChI is InChI=1S/C18H15ClN2OS/c1-11-3-4-15(19)14(7-11)17-10-21-18(23-17)16(22)8-13-5-6-20-9-12(13)2/h3-7,9-10H,8H2,1-2H3. The van der Waals surface area contributed by atoms with Crippen molar-refractivity contribution >= 4 is 28.7 Å². The largest absolute Gasteiger partial charge is 0.291 e. The van der Waals surface area contributed by atoms with Gasteiger partial charge in [-0.05, 0) is 43.2 Å². The van der Waals surface area contributed by atoms with Crippen LogP contribution in [-0.2, 0) is 6.42 Å². The van der Waals surface area contributed by atoms with Crippen LogP contribution in [0.15, 0.2) is 42.9 Å². The average molecular weight is 343 g/mol. The Morgan fingerprint density at radius 3 is 2.83 bits per heavy atom. The number of aromatic nitrogens is 2. The fourth-order valence-corrected chi connectivity index (χ4v) is 3.46. The Bertz CT molecular complexity index is 873. The highest BCUT2D eigenvalue weighted by atomic mass is 35.5. The third-order valence-corrected chi connectivity index (χ3v) is 5.02. The van der Waals surface area contributed by atoms with Crippen molar-refractivity contribution in [3.63, 3.8) is 0 Å². The molecule has 0 aliphatic rings. The number of carbonyl (C=O) groups is 1. The molecule has 116 valence electrons. The monoisotopic (exact) mass is 342 g/mol. The molecule has 3 aromatic rings. The number of Topliss-reactive ketones (excluding diaryl/α,β-unsaturated/α-hetero) is 1. The molecule has 3 rings (SSSR count). The predicted octanol–water partition coefficient (Wildman–Crippen LogP) is 4.90. The Hall–Kier alpha value is -2.04. The van der Waals surface area contributed by atoms with E-state index < -0.39 is 0 Å². The van der Waals surface area contributed by atoms with Crippen LogP contribution in [0.2, 0.25) is 5.02 Å². The van der Waals surface area contributed by atoms with E-state index in [9.17, 15) is 4.79 Å². The van der Waals surface area contributed by atoms with Gasteiger partial charge in [0.1, 0.15) is 0 Å². The maximum atomic E-state index is 12.5. The molecule has 0 unspecified atom stereocenters. The molecule has 3 nitrogen and oxygen atoms in total. The molecule has 5 heteroatoms. The Balaban J connectivity index is 1.86. The van der Waals surface area contributed by atoms with Crippen LogP contribution in [0.4, 0.5) is 0 Å². The third-order valence-electron chi connectivity index (χ3n) is 3.62. The molecule has 0 aliphatic heterocycles. The van der Waals surface area contributed by atoms with E-state index in [0.29, 0.717) is 16.5 Å². The number of carbonyl (C=O) groups excluding carboxylic acids is 1. The van der Waals surface area contributed by atoms with Gasteiger partial charge in [-0.15, -0.1) is 11.3 Å². The van der Waals surface area contributed by atoms with Gasteiger partial charge in [-0.3, -0.25) is 9.78 Å². The molecule has 2 aromatic heterocycles. The average Bonchev–Trinajstić information content (AvgIpc) is 3.02. The number of aryl methyl sites for hydroxylation is 2. The number of halogens is 1. The first-order valence-corrected chi connectivity index (χ1v) is 8.39. The molecule has 0 radical (unpaired) electrons. The van der Waals surface area contributed by atoms with Gasteiger partial charge in [0.25, 0.3) is 0 Å². The van der Waals surface area contributed by atoms with E-state index in [1.54, 1.807) is 18.6 Å². The number of hydrogen-bond donors (Lipinski definition) is 0. The van der Waals surface area contributed by atoms with Crippen LogP contribution in [0.1, 0.15) is 26.5 Å². The molecule has 0 aliphatic carbocycles. The molecule has 0 atom stereocenters. The molecular formula is C18H15ClN2OS. The lowest BCUT2D eigenvalue weighted by Gasteiger charge is -2.03. The summed E-state index contributed by atoms with van der Waals surface area (Å²) in [6, 6.07) is 7.72. The molecule has 0 spiro atoms. The summed E-state index contributed by atoms with van der Waals surface area (Å²) in [5.41, 5.74) is 4.04. The minimum Gasteiger partial charge on any atom is -0.291 e. The van der Waals surface area contributed by atoms with E-state index in [0.717, 1.165) is 27.1 Å². The quantitative estimate of drug-likeness (QED) is 0.633. The van der Waals surface area contributed by atoms with Crippen LogP contribution < -0.4 is 0 Å². The number of pyridine rings is 1. The van der Waals surface area contributed by atoms with Crippen molar-refractivity contribution in [1.29, 1.82) is 0 Å². The summed E-state index contributed by atoms with van der Waals surface area (Å²) in [7, 11) is 0. The highest BCUT2D eigenvalue weighted by Gasteiger charge is 2.15. The van der Waals surface area contributed by atoms with Gasteiger partial charge >= 0.3 is 0 Å². The minimum absolute atomic E-state index is 0.0133. The summed E-state index contributed by atoms with van der Waals surface area (Å²) in [6.07, 6.45) is 5.53. The molecule has 0 amide bonds.